The summed E-state index contributed by atoms with van der Waals surface area (Å²) in [6, 6.07) is 6.89. The first kappa shape index (κ1) is 23.3. The van der Waals surface area contributed by atoms with Crippen molar-refractivity contribution in [3.05, 3.63) is 41.6 Å². The van der Waals surface area contributed by atoms with Crippen LogP contribution in [0.1, 0.15) is 43.6 Å². The fraction of sp³-hybridized carbons (Fsp3) is 0.478. The molecule has 1 fully saturated rings. The van der Waals surface area contributed by atoms with Gasteiger partial charge in [-0.1, -0.05) is 13.0 Å². The molecule has 0 atom stereocenters. The first-order valence-electron chi connectivity index (χ1n) is 10.6. The summed E-state index contributed by atoms with van der Waals surface area (Å²) in [4.78, 5) is 36.7. The van der Waals surface area contributed by atoms with Crippen LogP contribution in [0.25, 0.3) is 0 Å². The number of anilines is 1. The van der Waals surface area contributed by atoms with Gasteiger partial charge in [-0.05, 0) is 44.9 Å². The minimum absolute atomic E-state index is 0.312. The quantitative estimate of drug-likeness (QED) is 0.648. The van der Waals surface area contributed by atoms with Crippen molar-refractivity contribution in [3.63, 3.8) is 0 Å². The van der Waals surface area contributed by atoms with E-state index >= 15 is 0 Å². The number of hydrogen-bond acceptors (Lipinski definition) is 8. The minimum atomic E-state index is -0.522. The fourth-order valence-electron chi connectivity index (χ4n) is 3.26. The zero-order chi connectivity index (χ0) is 23.3. The van der Waals surface area contributed by atoms with E-state index in [0.29, 0.717) is 49.3 Å². The van der Waals surface area contributed by atoms with E-state index in [1.165, 1.54) is 7.11 Å². The van der Waals surface area contributed by atoms with Gasteiger partial charge in [-0.25, -0.2) is 14.6 Å². The highest BCUT2D eigenvalue weighted by Crippen LogP contribution is 2.27. The topological polar surface area (TPSA) is 94.1 Å². The zero-order valence-electron chi connectivity index (χ0n) is 19.3. The third-order valence-electron chi connectivity index (χ3n) is 4.92. The lowest BCUT2D eigenvalue weighted by atomic mass is 10.1. The Morgan fingerprint density at radius 1 is 1.09 bits per heavy atom. The van der Waals surface area contributed by atoms with Crippen LogP contribution in [0.15, 0.2) is 30.5 Å². The molecule has 3 rings (SSSR count). The molecule has 1 amide bonds. The molecular formula is C23H30N4O5. The van der Waals surface area contributed by atoms with Crippen molar-refractivity contribution < 1.29 is 23.8 Å². The summed E-state index contributed by atoms with van der Waals surface area (Å²) in [6.07, 6.45) is 2.06. The smallest absolute Gasteiger partial charge is 0.410 e. The lowest BCUT2D eigenvalue weighted by Gasteiger charge is -2.35. The largest absolute Gasteiger partial charge is 0.465 e. The summed E-state index contributed by atoms with van der Waals surface area (Å²) in [7, 11) is 1.34. The Morgan fingerprint density at radius 2 is 1.81 bits per heavy atom. The van der Waals surface area contributed by atoms with Crippen LogP contribution < -0.4 is 9.64 Å². The zero-order valence-corrected chi connectivity index (χ0v) is 19.3. The molecule has 0 spiro atoms. The lowest BCUT2D eigenvalue weighted by molar-refractivity contribution is 0.0240. The molecule has 1 aliphatic heterocycles. The molecule has 172 valence electrons. The van der Waals surface area contributed by atoms with E-state index in [1.54, 1.807) is 29.3 Å². The number of esters is 1. The average Bonchev–Trinajstić information content (AvgIpc) is 2.77. The van der Waals surface area contributed by atoms with Crippen LogP contribution in [-0.4, -0.2) is 65.8 Å². The van der Waals surface area contributed by atoms with Crippen molar-refractivity contribution >= 4 is 18.0 Å². The van der Waals surface area contributed by atoms with E-state index in [9.17, 15) is 9.59 Å². The van der Waals surface area contributed by atoms with Gasteiger partial charge in [0.25, 0.3) is 0 Å². The van der Waals surface area contributed by atoms with Crippen molar-refractivity contribution in [2.45, 2.75) is 39.7 Å². The fourth-order valence-corrected chi connectivity index (χ4v) is 3.26. The van der Waals surface area contributed by atoms with Gasteiger partial charge < -0.3 is 24.0 Å². The minimum Gasteiger partial charge on any atom is -0.465 e. The van der Waals surface area contributed by atoms with E-state index in [4.69, 9.17) is 14.2 Å². The summed E-state index contributed by atoms with van der Waals surface area (Å²) < 4.78 is 16.3. The predicted octanol–water partition coefficient (Wildman–Crippen LogP) is 3.68. The number of nitrogens with zero attached hydrogens (tertiary/aromatic N) is 4. The van der Waals surface area contributed by atoms with E-state index < -0.39 is 11.6 Å². The molecule has 1 aromatic carbocycles. The molecule has 0 N–H and O–H groups in total. The van der Waals surface area contributed by atoms with Crippen LogP contribution in [0.5, 0.6) is 11.6 Å². The van der Waals surface area contributed by atoms with Crippen molar-refractivity contribution in [2.75, 3.05) is 38.2 Å². The standard InChI is InChI=1S/C23H30N4O5/c1-6-16-7-8-17(20(28)30-5)15-18(16)31-19-9-10-24-21(25-19)26-11-13-27(14-12-26)22(29)32-23(2,3)4/h7-10,15H,6,11-14H2,1-5H3. The Labute approximate surface area is 188 Å². The molecular weight excluding hydrogens is 412 g/mol. The third kappa shape index (κ3) is 5.87. The average molecular weight is 443 g/mol. The lowest BCUT2D eigenvalue weighted by Crippen LogP contribution is -2.50. The van der Waals surface area contributed by atoms with Crippen LogP contribution in [0, 0.1) is 0 Å². The molecule has 9 heteroatoms. The van der Waals surface area contributed by atoms with Crippen molar-refractivity contribution in [1.29, 1.82) is 0 Å². The van der Waals surface area contributed by atoms with Gasteiger partial charge in [-0.15, -0.1) is 0 Å². The number of carbonyl (C=O) groups is 2. The molecule has 0 saturated carbocycles. The summed E-state index contributed by atoms with van der Waals surface area (Å²) in [5.41, 5.74) is 0.835. The molecule has 0 aliphatic carbocycles. The first-order valence-corrected chi connectivity index (χ1v) is 10.6. The molecule has 0 radical (unpaired) electrons. The second-order valence-corrected chi connectivity index (χ2v) is 8.42. The molecule has 1 saturated heterocycles. The molecule has 2 aromatic rings. The summed E-state index contributed by atoms with van der Waals surface area (Å²) in [5.74, 6) is 1.02. The molecule has 1 aliphatic rings. The van der Waals surface area contributed by atoms with E-state index in [-0.39, 0.29) is 6.09 Å². The maximum absolute atomic E-state index is 12.3. The first-order chi connectivity index (χ1) is 15.2. The molecule has 1 aromatic heterocycles. The molecule has 0 unspecified atom stereocenters. The highest BCUT2D eigenvalue weighted by Gasteiger charge is 2.27. The number of ether oxygens (including phenoxy) is 3. The van der Waals surface area contributed by atoms with Gasteiger partial charge in [-0.2, -0.15) is 4.98 Å². The highest BCUT2D eigenvalue weighted by atomic mass is 16.6. The molecule has 32 heavy (non-hydrogen) atoms. The van der Waals surface area contributed by atoms with E-state index in [2.05, 4.69) is 9.97 Å². The summed E-state index contributed by atoms with van der Waals surface area (Å²) in [6.45, 7) is 9.77. The van der Waals surface area contributed by atoms with Crippen LogP contribution >= 0.6 is 0 Å². The summed E-state index contributed by atoms with van der Waals surface area (Å²) in [5, 5.41) is 0. The molecule has 0 bridgehead atoms. The summed E-state index contributed by atoms with van der Waals surface area (Å²) >= 11 is 0. The number of rotatable bonds is 5. The molecule has 2 heterocycles. The Kier molecular flexibility index (Phi) is 7.17. The van der Waals surface area contributed by atoms with Gasteiger partial charge in [0.2, 0.25) is 11.8 Å². The number of benzene rings is 1. The monoisotopic (exact) mass is 442 g/mol. The normalized spacial score (nSPS) is 14.2. The Bertz CT molecular complexity index is 965. The number of piperazine rings is 1. The van der Waals surface area contributed by atoms with Crippen LogP contribution in [-0.2, 0) is 15.9 Å². The van der Waals surface area contributed by atoms with Crippen molar-refractivity contribution in [2.24, 2.45) is 0 Å². The van der Waals surface area contributed by atoms with Gasteiger partial charge in [-0.3, -0.25) is 0 Å². The third-order valence-corrected chi connectivity index (χ3v) is 4.92. The van der Waals surface area contributed by atoms with Gasteiger partial charge in [0.05, 0.1) is 12.7 Å². The predicted molar refractivity (Wildman–Crippen MR) is 119 cm³/mol. The van der Waals surface area contributed by atoms with Crippen LogP contribution in [0.3, 0.4) is 0 Å². The Hall–Kier alpha value is -3.36. The van der Waals surface area contributed by atoms with Gasteiger partial charge in [0.15, 0.2) is 0 Å². The second kappa shape index (κ2) is 9.84. The maximum atomic E-state index is 12.3. The number of hydrogen-bond donors (Lipinski definition) is 0. The Morgan fingerprint density at radius 3 is 2.44 bits per heavy atom. The van der Waals surface area contributed by atoms with Crippen LogP contribution in [0.4, 0.5) is 10.7 Å². The number of carbonyl (C=O) groups excluding carboxylic acids is 2. The van der Waals surface area contributed by atoms with Crippen molar-refractivity contribution in [1.82, 2.24) is 14.9 Å². The maximum Gasteiger partial charge on any atom is 0.410 e. The Balaban J connectivity index is 1.69. The SMILES string of the molecule is CCc1ccc(C(=O)OC)cc1Oc1ccnc(N2CCN(C(=O)OC(C)(C)C)CC2)n1. The molecule has 9 nitrogen and oxygen atoms in total. The van der Waals surface area contributed by atoms with Crippen LogP contribution in [0.2, 0.25) is 0 Å². The second-order valence-electron chi connectivity index (χ2n) is 8.42. The highest BCUT2D eigenvalue weighted by molar-refractivity contribution is 5.90. The number of amides is 1. The van der Waals surface area contributed by atoms with E-state index in [1.807, 2.05) is 38.7 Å². The van der Waals surface area contributed by atoms with Gasteiger partial charge >= 0.3 is 12.1 Å². The van der Waals surface area contributed by atoms with Gasteiger partial charge in [0.1, 0.15) is 11.4 Å². The van der Waals surface area contributed by atoms with Crippen molar-refractivity contribution in [3.8, 4) is 11.6 Å². The number of methoxy groups -OCH3 is 1. The van der Waals surface area contributed by atoms with E-state index in [0.717, 1.165) is 12.0 Å². The number of aryl methyl sites for hydroxylation is 1. The van der Waals surface area contributed by atoms with Gasteiger partial charge in [0, 0.05) is 38.4 Å². The number of aromatic nitrogens is 2.